The average Bonchev–Trinajstić information content (AvgIpc) is 2.53. The van der Waals surface area contributed by atoms with Crippen molar-refractivity contribution >= 4 is 11.8 Å². The number of carbonyl (C=O) groups is 2. The number of nitrogens with one attached hydrogen (secondary N) is 1. The molecule has 1 fully saturated rings. The van der Waals surface area contributed by atoms with E-state index in [1.165, 1.54) is 4.90 Å². The fourth-order valence-electron chi connectivity index (χ4n) is 2.97. The van der Waals surface area contributed by atoms with E-state index >= 15 is 0 Å². The Morgan fingerprint density at radius 1 is 1.13 bits per heavy atom. The number of carbonyl (C=O) groups excluding carboxylic acids is 2. The number of aliphatic hydroxyl groups is 1. The van der Waals surface area contributed by atoms with Crippen LogP contribution >= 0.6 is 0 Å². The zero-order valence-corrected chi connectivity index (χ0v) is 14.0. The summed E-state index contributed by atoms with van der Waals surface area (Å²) in [4.78, 5) is 25.4. The minimum Gasteiger partial charge on any atom is -0.389 e. The molecule has 5 heteroatoms. The predicted octanol–water partition coefficient (Wildman–Crippen LogP) is 2.09. The number of benzene rings is 1. The van der Waals surface area contributed by atoms with Crippen LogP contribution in [0.1, 0.15) is 54.4 Å². The zero-order valence-electron chi connectivity index (χ0n) is 14.0. The van der Waals surface area contributed by atoms with Gasteiger partial charge in [-0.05, 0) is 30.5 Å². The molecule has 1 aliphatic carbocycles. The smallest absolute Gasteiger partial charge is 0.253 e. The van der Waals surface area contributed by atoms with Crippen LogP contribution in [0.4, 0.5) is 0 Å². The molecule has 0 radical (unpaired) electrons. The Morgan fingerprint density at radius 2 is 1.74 bits per heavy atom. The van der Waals surface area contributed by atoms with E-state index < -0.39 is 5.60 Å². The summed E-state index contributed by atoms with van der Waals surface area (Å²) in [6.07, 6.45) is 4.71. The van der Waals surface area contributed by atoms with Gasteiger partial charge in [-0.25, -0.2) is 0 Å². The quantitative estimate of drug-likeness (QED) is 0.873. The fraction of sp³-hybridized carbons (Fsp3) is 0.556. The van der Waals surface area contributed by atoms with Crippen molar-refractivity contribution in [3.8, 4) is 0 Å². The van der Waals surface area contributed by atoms with Crippen LogP contribution in [0, 0.1) is 0 Å². The Morgan fingerprint density at radius 3 is 2.30 bits per heavy atom. The molecule has 23 heavy (non-hydrogen) atoms. The van der Waals surface area contributed by atoms with Crippen molar-refractivity contribution in [2.24, 2.45) is 0 Å². The second kappa shape index (κ2) is 7.59. The van der Waals surface area contributed by atoms with Crippen molar-refractivity contribution in [2.75, 3.05) is 14.1 Å². The Kier molecular flexibility index (Phi) is 5.77. The molecule has 0 atom stereocenters. The maximum Gasteiger partial charge on any atom is 0.253 e. The van der Waals surface area contributed by atoms with E-state index in [-0.39, 0.29) is 18.2 Å². The van der Waals surface area contributed by atoms with Gasteiger partial charge in [-0.2, -0.15) is 0 Å². The van der Waals surface area contributed by atoms with Crippen LogP contribution in [0.3, 0.4) is 0 Å². The lowest BCUT2D eigenvalue weighted by molar-refractivity contribution is -0.127. The van der Waals surface area contributed by atoms with Crippen molar-refractivity contribution in [1.29, 1.82) is 0 Å². The molecule has 1 aromatic carbocycles. The lowest BCUT2D eigenvalue weighted by Crippen LogP contribution is -2.38. The molecule has 0 heterocycles. The first kappa shape index (κ1) is 17.5. The van der Waals surface area contributed by atoms with E-state index in [9.17, 15) is 14.7 Å². The molecular weight excluding hydrogens is 292 g/mol. The van der Waals surface area contributed by atoms with Gasteiger partial charge in [0.15, 0.2) is 0 Å². The first-order chi connectivity index (χ1) is 10.9. The summed E-state index contributed by atoms with van der Waals surface area (Å²) in [5.41, 5.74) is 0.732. The van der Waals surface area contributed by atoms with Gasteiger partial charge in [0, 0.05) is 26.2 Å². The molecule has 0 bridgehead atoms. The van der Waals surface area contributed by atoms with Gasteiger partial charge >= 0.3 is 0 Å². The Hall–Kier alpha value is -1.88. The number of hydrogen-bond acceptors (Lipinski definition) is 3. The summed E-state index contributed by atoms with van der Waals surface area (Å²) in [5, 5.41) is 13.2. The van der Waals surface area contributed by atoms with Gasteiger partial charge in [0.25, 0.3) is 5.91 Å². The first-order valence-corrected chi connectivity index (χ1v) is 8.19. The molecule has 126 valence electrons. The van der Waals surface area contributed by atoms with E-state index in [4.69, 9.17) is 0 Å². The third kappa shape index (κ3) is 5.06. The van der Waals surface area contributed by atoms with Gasteiger partial charge in [-0.1, -0.05) is 31.4 Å². The van der Waals surface area contributed by atoms with E-state index in [0.717, 1.165) is 24.8 Å². The summed E-state index contributed by atoms with van der Waals surface area (Å²) in [6.45, 7) is 0.408. The van der Waals surface area contributed by atoms with Crippen molar-refractivity contribution in [3.05, 3.63) is 35.4 Å². The highest BCUT2D eigenvalue weighted by Gasteiger charge is 2.31. The highest BCUT2D eigenvalue weighted by atomic mass is 16.3. The van der Waals surface area contributed by atoms with Gasteiger partial charge in [0.05, 0.1) is 12.0 Å². The molecule has 0 unspecified atom stereocenters. The number of hydrogen-bond donors (Lipinski definition) is 2. The summed E-state index contributed by atoms with van der Waals surface area (Å²) in [5.74, 6) is -0.164. The van der Waals surface area contributed by atoms with Crippen molar-refractivity contribution in [3.63, 3.8) is 0 Å². The van der Waals surface area contributed by atoms with Crippen LogP contribution in [-0.2, 0) is 11.3 Å². The van der Waals surface area contributed by atoms with Crippen molar-refractivity contribution in [2.45, 2.75) is 50.7 Å². The van der Waals surface area contributed by atoms with Gasteiger partial charge < -0.3 is 15.3 Å². The lowest BCUT2D eigenvalue weighted by atomic mass is 9.82. The largest absolute Gasteiger partial charge is 0.389 e. The highest BCUT2D eigenvalue weighted by Crippen LogP contribution is 2.30. The number of rotatable bonds is 5. The average molecular weight is 318 g/mol. The van der Waals surface area contributed by atoms with Gasteiger partial charge in [0.2, 0.25) is 5.91 Å². The normalized spacial score (nSPS) is 16.7. The van der Waals surface area contributed by atoms with Crippen LogP contribution in [0.15, 0.2) is 24.3 Å². The molecule has 2 amide bonds. The SMILES string of the molecule is CN(C)C(=O)c1ccc(CNC(=O)CC2(O)CCCCC2)cc1. The molecule has 0 aliphatic heterocycles. The summed E-state index contributed by atoms with van der Waals surface area (Å²) >= 11 is 0. The minimum atomic E-state index is -0.829. The van der Waals surface area contributed by atoms with Crippen LogP contribution in [0.5, 0.6) is 0 Å². The molecule has 0 saturated heterocycles. The standard InChI is InChI=1S/C18H26N2O3/c1-20(2)17(22)15-8-6-14(7-9-15)13-19-16(21)12-18(23)10-4-3-5-11-18/h6-9,23H,3-5,10-13H2,1-2H3,(H,19,21). The minimum absolute atomic E-state index is 0.0416. The van der Waals surface area contributed by atoms with E-state index in [1.54, 1.807) is 26.2 Å². The highest BCUT2D eigenvalue weighted by molar-refractivity contribution is 5.93. The summed E-state index contributed by atoms with van der Waals surface area (Å²) < 4.78 is 0. The first-order valence-electron chi connectivity index (χ1n) is 8.19. The second-order valence-electron chi connectivity index (χ2n) is 6.64. The third-order valence-corrected chi connectivity index (χ3v) is 4.37. The fourth-order valence-corrected chi connectivity index (χ4v) is 2.97. The molecule has 5 nitrogen and oxygen atoms in total. The van der Waals surface area contributed by atoms with E-state index in [0.29, 0.717) is 24.9 Å². The van der Waals surface area contributed by atoms with Crippen molar-refractivity contribution < 1.29 is 14.7 Å². The maximum atomic E-state index is 12.0. The van der Waals surface area contributed by atoms with Crippen molar-refractivity contribution in [1.82, 2.24) is 10.2 Å². The second-order valence-corrected chi connectivity index (χ2v) is 6.64. The Balaban J connectivity index is 1.83. The molecule has 0 aromatic heterocycles. The van der Waals surface area contributed by atoms with E-state index in [2.05, 4.69) is 5.32 Å². The monoisotopic (exact) mass is 318 g/mol. The Bertz CT molecular complexity index is 546. The van der Waals surface area contributed by atoms with Gasteiger partial charge in [-0.15, -0.1) is 0 Å². The maximum absolute atomic E-state index is 12.0. The van der Waals surface area contributed by atoms with Gasteiger partial charge in [-0.3, -0.25) is 9.59 Å². The molecule has 1 aromatic rings. The van der Waals surface area contributed by atoms with Crippen LogP contribution in [-0.4, -0.2) is 41.5 Å². The molecule has 1 aliphatic rings. The zero-order chi connectivity index (χ0) is 16.9. The third-order valence-electron chi connectivity index (χ3n) is 4.37. The number of amides is 2. The summed E-state index contributed by atoms with van der Waals surface area (Å²) in [7, 11) is 3.43. The molecular formula is C18H26N2O3. The molecule has 1 saturated carbocycles. The Labute approximate surface area is 137 Å². The predicted molar refractivity (Wildman–Crippen MR) is 89.0 cm³/mol. The van der Waals surface area contributed by atoms with Crippen LogP contribution in [0.2, 0.25) is 0 Å². The number of nitrogens with zero attached hydrogens (tertiary/aromatic N) is 1. The topological polar surface area (TPSA) is 69.6 Å². The van der Waals surface area contributed by atoms with Crippen LogP contribution < -0.4 is 5.32 Å². The molecule has 2 N–H and O–H groups in total. The molecule has 2 rings (SSSR count). The van der Waals surface area contributed by atoms with Crippen LogP contribution in [0.25, 0.3) is 0 Å². The summed E-state index contributed by atoms with van der Waals surface area (Å²) in [6, 6.07) is 7.20. The molecule has 0 spiro atoms. The lowest BCUT2D eigenvalue weighted by Gasteiger charge is -2.31. The van der Waals surface area contributed by atoms with Gasteiger partial charge in [0.1, 0.15) is 0 Å². The van der Waals surface area contributed by atoms with E-state index in [1.807, 2.05) is 12.1 Å².